The first kappa shape index (κ1) is 15.7. The van der Waals surface area contributed by atoms with Crippen LogP contribution in [0.5, 0.6) is 0 Å². The van der Waals surface area contributed by atoms with Gasteiger partial charge in [-0.05, 0) is 36.1 Å². The van der Waals surface area contributed by atoms with Crippen molar-refractivity contribution in [2.24, 2.45) is 0 Å². The normalized spacial score (nSPS) is 19.0. The number of fused-ring (bicyclic) bond motifs is 1. The molecular formula is C19H13ClN4OS. The first-order valence-corrected chi connectivity index (χ1v) is 9.50. The fraction of sp³-hybridized carbons (Fsp3) is 0.158. The Morgan fingerprint density at radius 3 is 2.73 bits per heavy atom. The van der Waals surface area contributed by atoms with E-state index in [9.17, 15) is 4.79 Å². The molecule has 0 saturated heterocycles. The SMILES string of the molecule is O=c1c(Cl)c([C@@H]2C[C@H]2c2cccnc2)nc2scc(-c3ccncc3)n12. The average Bonchev–Trinajstić information content (AvgIpc) is 3.37. The van der Waals surface area contributed by atoms with Gasteiger partial charge in [0.05, 0.1) is 11.4 Å². The average molecular weight is 381 g/mol. The maximum atomic E-state index is 12.9. The molecule has 0 unspecified atom stereocenters. The number of aromatic nitrogens is 4. The Morgan fingerprint density at radius 2 is 1.96 bits per heavy atom. The van der Waals surface area contributed by atoms with Crippen LogP contribution >= 0.6 is 22.9 Å². The third-order valence-electron chi connectivity index (χ3n) is 4.77. The summed E-state index contributed by atoms with van der Waals surface area (Å²) in [7, 11) is 0. The lowest BCUT2D eigenvalue weighted by molar-refractivity contribution is 0.938. The Morgan fingerprint density at radius 1 is 1.12 bits per heavy atom. The van der Waals surface area contributed by atoms with Gasteiger partial charge in [0.25, 0.3) is 5.56 Å². The molecule has 1 fully saturated rings. The van der Waals surface area contributed by atoms with Gasteiger partial charge < -0.3 is 0 Å². The van der Waals surface area contributed by atoms with Crippen LogP contribution in [0.15, 0.2) is 59.2 Å². The molecule has 0 amide bonds. The molecule has 0 N–H and O–H groups in total. The fourth-order valence-electron chi connectivity index (χ4n) is 3.38. The zero-order valence-electron chi connectivity index (χ0n) is 13.5. The molecule has 5 nitrogen and oxygen atoms in total. The summed E-state index contributed by atoms with van der Waals surface area (Å²) in [5, 5.41) is 2.15. The van der Waals surface area contributed by atoms with Gasteiger partial charge in [0.15, 0.2) is 4.96 Å². The summed E-state index contributed by atoms with van der Waals surface area (Å²) in [4.78, 5) is 26.6. The minimum atomic E-state index is -0.212. The lowest BCUT2D eigenvalue weighted by atomic mass is 10.1. The van der Waals surface area contributed by atoms with E-state index < -0.39 is 0 Å². The van der Waals surface area contributed by atoms with Gasteiger partial charge in [0.1, 0.15) is 5.02 Å². The molecule has 4 aromatic heterocycles. The smallest absolute Gasteiger partial charge is 0.267 e. The largest absolute Gasteiger partial charge is 0.278 e. The van der Waals surface area contributed by atoms with E-state index in [0.717, 1.165) is 17.7 Å². The number of halogens is 1. The molecule has 0 spiro atoms. The van der Waals surface area contributed by atoms with Gasteiger partial charge in [-0.25, -0.2) is 9.38 Å². The Labute approximate surface area is 158 Å². The van der Waals surface area contributed by atoms with Crippen LogP contribution < -0.4 is 5.56 Å². The van der Waals surface area contributed by atoms with Crippen LogP contribution in [0.2, 0.25) is 5.02 Å². The van der Waals surface area contributed by atoms with Gasteiger partial charge in [0, 0.05) is 41.6 Å². The van der Waals surface area contributed by atoms with E-state index >= 15 is 0 Å². The topological polar surface area (TPSA) is 60.2 Å². The van der Waals surface area contributed by atoms with Gasteiger partial charge in [-0.15, -0.1) is 11.3 Å². The summed E-state index contributed by atoms with van der Waals surface area (Å²) >= 11 is 7.91. The lowest BCUT2D eigenvalue weighted by Crippen LogP contribution is -2.17. The highest BCUT2D eigenvalue weighted by atomic mass is 35.5. The lowest BCUT2D eigenvalue weighted by Gasteiger charge is -2.06. The van der Waals surface area contributed by atoms with Crippen molar-refractivity contribution in [3.63, 3.8) is 0 Å². The Balaban J connectivity index is 1.60. The van der Waals surface area contributed by atoms with E-state index in [1.807, 2.05) is 29.8 Å². The number of hydrogen-bond acceptors (Lipinski definition) is 5. The predicted octanol–water partition coefficient (Wildman–Crippen LogP) is 4.14. The third-order valence-corrected chi connectivity index (χ3v) is 5.95. The molecule has 0 radical (unpaired) electrons. The Hall–Kier alpha value is -2.57. The van der Waals surface area contributed by atoms with Crippen molar-refractivity contribution >= 4 is 27.9 Å². The summed E-state index contributed by atoms with van der Waals surface area (Å²) in [5.41, 5.74) is 3.36. The van der Waals surface area contributed by atoms with Crippen molar-refractivity contribution in [1.29, 1.82) is 0 Å². The van der Waals surface area contributed by atoms with E-state index in [0.29, 0.717) is 16.6 Å². The van der Waals surface area contributed by atoms with Crippen LogP contribution in [0.3, 0.4) is 0 Å². The highest BCUT2D eigenvalue weighted by Gasteiger charge is 2.42. The number of pyridine rings is 2. The van der Waals surface area contributed by atoms with Gasteiger partial charge in [-0.2, -0.15) is 0 Å². The van der Waals surface area contributed by atoms with E-state index in [1.165, 1.54) is 16.9 Å². The second kappa shape index (κ2) is 6.00. The van der Waals surface area contributed by atoms with Crippen LogP contribution in [0.1, 0.15) is 29.5 Å². The second-order valence-corrected chi connectivity index (χ2v) is 7.54. The zero-order chi connectivity index (χ0) is 17.7. The van der Waals surface area contributed by atoms with Crippen LogP contribution in [-0.4, -0.2) is 19.4 Å². The molecule has 0 bridgehead atoms. The maximum absolute atomic E-state index is 12.9. The standard InChI is InChI=1S/C19H13ClN4OS/c20-16-17(14-8-13(14)12-2-1-5-22-9-12)23-19-24(18(16)25)15(10-26-19)11-3-6-21-7-4-11/h1-7,9-10,13-14H,8H2/t13-,14+/m0/s1. The monoisotopic (exact) mass is 380 g/mol. The molecule has 26 heavy (non-hydrogen) atoms. The molecule has 1 aliphatic carbocycles. The fourth-order valence-corrected chi connectivity index (χ4v) is 4.54. The van der Waals surface area contributed by atoms with Crippen molar-refractivity contribution in [3.8, 4) is 11.3 Å². The molecule has 1 saturated carbocycles. The highest BCUT2D eigenvalue weighted by molar-refractivity contribution is 7.15. The van der Waals surface area contributed by atoms with Crippen molar-refractivity contribution < 1.29 is 0 Å². The van der Waals surface area contributed by atoms with Crippen LogP contribution in [0, 0.1) is 0 Å². The Kier molecular flexibility index (Phi) is 3.62. The maximum Gasteiger partial charge on any atom is 0.278 e. The summed E-state index contributed by atoms with van der Waals surface area (Å²) in [6.45, 7) is 0. The van der Waals surface area contributed by atoms with E-state index in [1.54, 1.807) is 23.0 Å². The zero-order valence-corrected chi connectivity index (χ0v) is 15.1. The van der Waals surface area contributed by atoms with Gasteiger partial charge in [0.2, 0.25) is 0 Å². The first-order valence-electron chi connectivity index (χ1n) is 8.24. The highest BCUT2D eigenvalue weighted by Crippen LogP contribution is 2.55. The minimum Gasteiger partial charge on any atom is -0.267 e. The van der Waals surface area contributed by atoms with Gasteiger partial charge >= 0.3 is 0 Å². The molecule has 128 valence electrons. The van der Waals surface area contributed by atoms with Crippen molar-refractivity contribution in [1.82, 2.24) is 19.4 Å². The molecular weight excluding hydrogens is 368 g/mol. The summed E-state index contributed by atoms with van der Waals surface area (Å²) < 4.78 is 1.59. The summed E-state index contributed by atoms with van der Waals surface area (Å²) in [6, 6.07) is 7.73. The third kappa shape index (κ3) is 2.45. The molecule has 2 atom stereocenters. The number of thiazole rings is 1. The first-order chi connectivity index (χ1) is 12.7. The molecule has 1 aliphatic rings. The molecule has 4 heterocycles. The Bertz CT molecular complexity index is 1160. The van der Waals surface area contributed by atoms with Crippen LogP contribution in [0.25, 0.3) is 16.2 Å². The quantitative estimate of drug-likeness (QED) is 0.536. The summed E-state index contributed by atoms with van der Waals surface area (Å²) in [5.74, 6) is 0.506. The van der Waals surface area contributed by atoms with Crippen molar-refractivity contribution in [2.75, 3.05) is 0 Å². The van der Waals surface area contributed by atoms with E-state index in [4.69, 9.17) is 16.6 Å². The molecule has 7 heteroatoms. The molecule has 4 aromatic rings. The number of rotatable bonds is 3. The van der Waals surface area contributed by atoms with Crippen LogP contribution in [-0.2, 0) is 0 Å². The van der Waals surface area contributed by atoms with Gasteiger partial charge in [-0.1, -0.05) is 17.7 Å². The van der Waals surface area contributed by atoms with E-state index in [-0.39, 0.29) is 16.5 Å². The molecule has 5 rings (SSSR count). The second-order valence-electron chi connectivity index (χ2n) is 6.33. The molecule has 0 aliphatic heterocycles. The molecule has 0 aromatic carbocycles. The van der Waals surface area contributed by atoms with E-state index in [2.05, 4.69) is 16.0 Å². The minimum absolute atomic E-state index is 0.177. The predicted molar refractivity (Wildman–Crippen MR) is 102 cm³/mol. The number of hydrogen-bond donors (Lipinski definition) is 0. The van der Waals surface area contributed by atoms with Crippen molar-refractivity contribution in [3.05, 3.63) is 81.1 Å². The summed E-state index contributed by atoms with van der Waals surface area (Å²) in [6.07, 6.45) is 7.98. The van der Waals surface area contributed by atoms with Crippen LogP contribution in [0.4, 0.5) is 0 Å². The van der Waals surface area contributed by atoms with Crippen molar-refractivity contribution in [2.45, 2.75) is 18.3 Å². The van der Waals surface area contributed by atoms with Gasteiger partial charge in [-0.3, -0.25) is 14.8 Å². The number of nitrogens with zero attached hydrogens (tertiary/aromatic N) is 4.